The Hall–Kier alpha value is -0.370. The number of hydrogen-bond acceptors (Lipinski definition) is 3. The van der Waals surface area contributed by atoms with E-state index < -0.39 is 0 Å². The van der Waals surface area contributed by atoms with Crippen molar-refractivity contribution < 1.29 is 9.53 Å². The number of ether oxygens (including phenoxy) is 1. The lowest BCUT2D eigenvalue weighted by Gasteiger charge is -2.08. The molecule has 0 spiro atoms. The fourth-order valence-electron chi connectivity index (χ4n) is 1.43. The van der Waals surface area contributed by atoms with Crippen molar-refractivity contribution in [3.05, 3.63) is 41.9 Å². The highest BCUT2D eigenvalue weighted by Crippen LogP contribution is 2.33. The average molecular weight is 470 g/mol. The summed E-state index contributed by atoms with van der Waals surface area (Å²) in [4.78, 5) is 12.1. The molecule has 0 atom stereocenters. The minimum Gasteiger partial charge on any atom is -0.495 e. The molecule has 0 unspecified atom stereocenters. The molecule has 19 heavy (non-hydrogen) atoms. The van der Waals surface area contributed by atoms with E-state index in [2.05, 4.69) is 53.1 Å². The van der Waals surface area contributed by atoms with Gasteiger partial charge in [0.15, 0.2) is 0 Å². The van der Waals surface area contributed by atoms with E-state index in [1.165, 1.54) is 11.3 Å². The molecule has 1 aromatic heterocycles. The Labute approximate surface area is 139 Å². The van der Waals surface area contributed by atoms with Gasteiger partial charge in [0, 0.05) is 11.8 Å². The largest absolute Gasteiger partial charge is 0.495 e. The summed E-state index contributed by atoms with van der Waals surface area (Å²) in [6.45, 7) is 0. The lowest BCUT2D eigenvalue weighted by Crippen LogP contribution is -2.11. The first-order valence-corrected chi connectivity index (χ1v) is 8.30. The van der Waals surface area contributed by atoms with Gasteiger partial charge in [0.25, 0.3) is 5.91 Å². The van der Waals surface area contributed by atoms with Crippen LogP contribution >= 0.6 is 59.1 Å². The second-order valence-corrected chi connectivity index (χ2v) is 8.15. The van der Waals surface area contributed by atoms with E-state index >= 15 is 0 Å². The van der Waals surface area contributed by atoms with Crippen LogP contribution in [0.5, 0.6) is 5.75 Å². The molecule has 2 aromatic rings. The van der Waals surface area contributed by atoms with Crippen LogP contribution in [0.25, 0.3) is 0 Å². The van der Waals surface area contributed by atoms with Crippen molar-refractivity contribution in [3.8, 4) is 5.75 Å². The number of nitrogens with one attached hydrogen (secondary N) is 1. The standard InChI is InChI=1S/C12H8Br3NO2S/c1-18-9-4-6(2-3-8(9)13)16-12(17)7-5-10(14)19-11(7)15/h2-5H,1H3,(H,16,17). The molecule has 0 saturated carbocycles. The van der Waals surface area contributed by atoms with Gasteiger partial charge in [0.05, 0.1) is 24.7 Å². The number of benzene rings is 1. The van der Waals surface area contributed by atoms with Gasteiger partial charge in [-0.05, 0) is 66.0 Å². The zero-order chi connectivity index (χ0) is 14.0. The predicted octanol–water partition coefficient (Wildman–Crippen LogP) is 5.30. The predicted molar refractivity (Wildman–Crippen MR) is 88.4 cm³/mol. The highest BCUT2D eigenvalue weighted by Gasteiger charge is 2.14. The summed E-state index contributed by atoms with van der Waals surface area (Å²) < 4.78 is 7.72. The first-order valence-electron chi connectivity index (χ1n) is 5.11. The number of thiophene rings is 1. The van der Waals surface area contributed by atoms with Crippen LogP contribution in [-0.4, -0.2) is 13.0 Å². The second-order valence-electron chi connectivity index (χ2n) is 3.54. The highest BCUT2D eigenvalue weighted by atomic mass is 79.9. The maximum Gasteiger partial charge on any atom is 0.257 e. The third-order valence-electron chi connectivity index (χ3n) is 2.31. The molecule has 100 valence electrons. The molecule has 0 aliphatic rings. The van der Waals surface area contributed by atoms with Gasteiger partial charge in [-0.3, -0.25) is 4.79 Å². The summed E-state index contributed by atoms with van der Waals surface area (Å²) in [7, 11) is 1.58. The summed E-state index contributed by atoms with van der Waals surface area (Å²) in [5.74, 6) is 0.501. The van der Waals surface area contributed by atoms with E-state index in [9.17, 15) is 4.79 Å². The number of carbonyl (C=O) groups is 1. The second kappa shape index (κ2) is 6.39. The molecule has 1 amide bonds. The lowest BCUT2D eigenvalue weighted by atomic mass is 10.2. The van der Waals surface area contributed by atoms with E-state index in [1.54, 1.807) is 25.3 Å². The van der Waals surface area contributed by atoms with Crippen molar-refractivity contribution in [3.63, 3.8) is 0 Å². The molecule has 7 heteroatoms. The number of hydrogen-bond donors (Lipinski definition) is 1. The SMILES string of the molecule is COc1cc(NC(=O)c2cc(Br)sc2Br)ccc1Br. The molecule has 0 bridgehead atoms. The Morgan fingerprint density at radius 2 is 2.00 bits per heavy atom. The van der Waals surface area contributed by atoms with Gasteiger partial charge in [-0.15, -0.1) is 11.3 Å². The molecule has 0 aliphatic carbocycles. The number of halogens is 3. The van der Waals surface area contributed by atoms with Crippen LogP contribution < -0.4 is 10.1 Å². The number of amides is 1. The summed E-state index contributed by atoms with van der Waals surface area (Å²) in [6, 6.07) is 7.17. The molecule has 0 aliphatic heterocycles. The minimum atomic E-state index is -0.168. The zero-order valence-corrected chi connectivity index (χ0v) is 15.2. The van der Waals surface area contributed by atoms with Crippen molar-refractivity contribution in [2.45, 2.75) is 0 Å². The summed E-state index contributed by atoms with van der Waals surface area (Å²) >= 11 is 11.5. The molecule has 0 saturated heterocycles. The van der Waals surface area contributed by atoms with Crippen molar-refractivity contribution in [2.75, 3.05) is 12.4 Å². The fourth-order valence-corrected chi connectivity index (χ4v) is 4.63. The van der Waals surface area contributed by atoms with Gasteiger partial charge in [0.1, 0.15) is 5.75 Å². The Bertz CT molecular complexity index is 627. The minimum absolute atomic E-state index is 0.168. The average Bonchev–Trinajstić information content (AvgIpc) is 2.71. The zero-order valence-electron chi connectivity index (χ0n) is 9.67. The molecule has 0 radical (unpaired) electrons. The van der Waals surface area contributed by atoms with Gasteiger partial charge in [0.2, 0.25) is 0 Å². The van der Waals surface area contributed by atoms with Crippen molar-refractivity contribution >= 4 is 70.7 Å². The van der Waals surface area contributed by atoms with Gasteiger partial charge in [-0.25, -0.2) is 0 Å². The van der Waals surface area contributed by atoms with Crippen molar-refractivity contribution in [1.82, 2.24) is 0 Å². The number of carbonyl (C=O) groups excluding carboxylic acids is 1. The quantitative estimate of drug-likeness (QED) is 0.662. The van der Waals surface area contributed by atoms with Gasteiger partial charge in [-0.1, -0.05) is 0 Å². The van der Waals surface area contributed by atoms with Crippen molar-refractivity contribution in [1.29, 1.82) is 0 Å². The lowest BCUT2D eigenvalue weighted by molar-refractivity contribution is 0.102. The fraction of sp³-hybridized carbons (Fsp3) is 0.0833. The smallest absolute Gasteiger partial charge is 0.257 e. The first kappa shape index (κ1) is 15.0. The third-order valence-corrected chi connectivity index (χ3v) is 5.30. The molecule has 2 rings (SSSR count). The molecule has 1 N–H and O–H groups in total. The third kappa shape index (κ3) is 3.59. The normalized spacial score (nSPS) is 10.3. The Kier molecular flexibility index (Phi) is 5.05. The van der Waals surface area contributed by atoms with Crippen LogP contribution in [0.3, 0.4) is 0 Å². The Morgan fingerprint density at radius 1 is 1.26 bits per heavy atom. The van der Waals surface area contributed by atoms with E-state index in [4.69, 9.17) is 4.74 Å². The van der Waals surface area contributed by atoms with Crippen LogP contribution in [0, 0.1) is 0 Å². The van der Waals surface area contributed by atoms with E-state index in [1.807, 2.05) is 6.07 Å². The summed E-state index contributed by atoms with van der Waals surface area (Å²) in [5, 5.41) is 2.83. The Balaban J connectivity index is 2.21. The molecule has 0 fully saturated rings. The van der Waals surface area contributed by atoms with E-state index in [0.29, 0.717) is 17.0 Å². The summed E-state index contributed by atoms with van der Waals surface area (Å²) in [5.41, 5.74) is 1.28. The molecule has 1 aromatic carbocycles. The van der Waals surface area contributed by atoms with Gasteiger partial charge in [-0.2, -0.15) is 0 Å². The maximum absolute atomic E-state index is 12.1. The molecule has 1 heterocycles. The molecule has 3 nitrogen and oxygen atoms in total. The number of anilines is 1. The first-order chi connectivity index (χ1) is 9.01. The van der Waals surface area contributed by atoms with Crippen LogP contribution in [0.2, 0.25) is 0 Å². The molecular formula is C12H8Br3NO2S. The number of methoxy groups -OCH3 is 1. The number of rotatable bonds is 3. The highest BCUT2D eigenvalue weighted by molar-refractivity contribution is 9.12. The van der Waals surface area contributed by atoms with Crippen LogP contribution in [0.1, 0.15) is 10.4 Å². The topological polar surface area (TPSA) is 38.3 Å². The van der Waals surface area contributed by atoms with Crippen LogP contribution in [0.15, 0.2) is 36.3 Å². The van der Waals surface area contributed by atoms with Gasteiger partial charge < -0.3 is 10.1 Å². The van der Waals surface area contributed by atoms with E-state index in [0.717, 1.165) is 12.0 Å². The monoisotopic (exact) mass is 467 g/mol. The maximum atomic E-state index is 12.1. The van der Waals surface area contributed by atoms with Crippen LogP contribution in [0.4, 0.5) is 5.69 Å². The van der Waals surface area contributed by atoms with Crippen molar-refractivity contribution in [2.24, 2.45) is 0 Å². The van der Waals surface area contributed by atoms with Gasteiger partial charge >= 0.3 is 0 Å². The van der Waals surface area contributed by atoms with E-state index in [-0.39, 0.29) is 5.91 Å². The Morgan fingerprint density at radius 3 is 2.58 bits per heavy atom. The molecular weight excluding hydrogens is 462 g/mol. The summed E-state index contributed by atoms with van der Waals surface area (Å²) in [6.07, 6.45) is 0. The van der Waals surface area contributed by atoms with Crippen LogP contribution in [-0.2, 0) is 0 Å².